The Kier molecular flexibility index (Phi) is 4.14. The Balaban J connectivity index is 2.36. The summed E-state index contributed by atoms with van der Waals surface area (Å²) in [5, 5.41) is 10.9. The van der Waals surface area contributed by atoms with Crippen molar-refractivity contribution in [1.29, 1.82) is 0 Å². The van der Waals surface area contributed by atoms with Gasteiger partial charge in [0.15, 0.2) is 0 Å². The zero-order chi connectivity index (χ0) is 15.7. The molecule has 1 fully saturated rings. The van der Waals surface area contributed by atoms with Crippen molar-refractivity contribution in [2.75, 3.05) is 18.6 Å². The first-order valence-corrected chi connectivity index (χ1v) is 7.62. The molecule has 1 atom stereocenters. The number of nitrogens with one attached hydrogen (secondary N) is 2. The van der Waals surface area contributed by atoms with Crippen LogP contribution in [0, 0.1) is 10.1 Å². The summed E-state index contributed by atoms with van der Waals surface area (Å²) in [5.74, 6) is 5.16. The maximum atomic E-state index is 12.3. The van der Waals surface area contributed by atoms with Crippen LogP contribution < -0.4 is 16.0 Å². The van der Waals surface area contributed by atoms with Crippen LogP contribution in [0.4, 0.5) is 11.4 Å². The zero-order valence-electron chi connectivity index (χ0n) is 11.3. The number of benzene rings is 1. The van der Waals surface area contributed by atoms with Crippen molar-refractivity contribution >= 4 is 21.4 Å². The predicted octanol–water partition coefficient (Wildman–Crippen LogP) is 0.338. The first-order valence-electron chi connectivity index (χ1n) is 6.14. The van der Waals surface area contributed by atoms with Crippen LogP contribution in [0.15, 0.2) is 23.1 Å². The van der Waals surface area contributed by atoms with Gasteiger partial charge < -0.3 is 10.2 Å². The minimum absolute atomic E-state index is 0.0364. The van der Waals surface area contributed by atoms with Crippen LogP contribution in [-0.2, 0) is 14.8 Å². The summed E-state index contributed by atoms with van der Waals surface area (Å²) >= 11 is 0. The molecule has 1 saturated heterocycles. The van der Waals surface area contributed by atoms with Gasteiger partial charge in [-0.05, 0) is 25.5 Å². The maximum absolute atomic E-state index is 12.3. The molecular formula is C11H16N4O5S. The predicted molar refractivity (Wildman–Crippen MR) is 75.1 cm³/mol. The van der Waals surface area contributed by atoms with E-state index >= 15 is 0 Å². The van der Waals surface area contributed by atoms with Crippen molar-refractivity contribution in [3.8, 4) is 0 Å². The highest BCUT2D eigenvalue weighted by molar-refractivity contribution is 7.89. The molecule has 0 saturated carbocycles. The van der Waals surface area contributed by atoms with E-state index in [2.05, 4.69) is 10.1 Å². The fourth-order valence-electron chi connectivity index (χ4n) is 2.08. The lowest BCUT2D eigenvalue weighted by molar-refractivity contribution is -0.384. The molecule has 1 unspecified atom stereocenters. The number of ether oxygens (including phenoxy) is 1. The van der Waals surface area contributed by atoms with Crippen molar-refractivity contribution < 1.29 is 18.1 Å². The molecule has 1 aromatic carbocycles. The molecule has 9 nitrogen and oxygen atoms in total. The number of hydrogen-bond acceptors (Lipinski definition) is 7. The van der Waals surface area contributed by atoms with Crippen molar-refractivity contribution in [3.05, 3.63) is 28.3 Å². The molecular weight excluding hydrogens is 300 g/mol. The number of nitrogens with zero attached hydrogens (tertiary/aromatic N) is 1. The van der Waals surface area contributed by atoms with Gasteiger partial charge in [0.1, 0.15) is 5.69 Å². The van der Waals surface area contributed by atoms with E-state index in [1.807, 2.05) is 0 Å². The van der Waals surface area contributed by atoms with Gasteiger partial charge in [0, 0.05) is 12.7 Å². The van der Waals surface area contributed by atoms with E-state index in [4.69, 9.17) is 10.6 Å². The Morgan fingerprint density at radius 3 is 2.71 bits per heavy atom. The molecule has 0 amide bonds. The number of hydrogen-bond donors (Lipinski definition) is 3. The first kappa shape index (κ1) is 15.6. The van der Waals surface area contributed by atoms with Gasteiger partial charge in [0.25, 0.3) is 5.69 Å². The van der Waals surface area contributed by atoms with Crippen LogP contribution in [0.1, 0.15) is 13.3 Å². The first-order chi connectivity index (χ1) is 9.77. The summed E-state index contributed by atoms with van der Waals surface area (Å²) in [6, 6.07) is 3.47. The number of nitro groups is 1. The lowest BCUT2D eigenvalue weighted by Gasteiger charge is -2.23. The molecule has 4 N–H and O–H groups in total. The molecule has 0 bridgehead atoms. The Morgan fingerprint density at radius 1 is 1.48 bits per heavy atom. The second-order valence-electron chi connectivity index (χ2n) is 5.05. The molecule has 1 aliphatic rings. The van der Waals surface area contributed by atoms with Gasteiger partial charge in [0.05, 0.1) is 22.0 Å². The van der Waals surface area contributed by atoms with Gasteiger partial charge in [-0.15, -0.1) is 0 Å². The number of hydrazine groups is 1. The highest BCUT2D eigenvalue weighted by Crippen LogP contribution is 2.28. The van der Waals surface area contributed by atoms with Crippen molar-refractivity contribution in [1.82, 2.24) is 4.72 Å². The number of nitrogens with two attached hydrogens (primary N) is 1. The number of sulfonamides is 1. The summed E-state index contributed by atoms with van der Waals surface area (Å²) in [6.07, 6.45) is 0.538. The normalized spacial score (nSPS) is 22.2. The van der Waals surface area contributed by atoms with Crippen molar-refractivity contribution in [2.24, 2.45) is 5.84 Å². The second-order valence-corrected chi connectivity index (χ2v) is 6.73. The van der Waals surface area contributed by atoms with E-state index in [0.29, 0.717) is 13.0 Å². The summed E-state index contributed by atoms with van der Waals surface area (Å²) in [7, 11) is -3.89. The third-order valence-corrected chi connectivity index (χ3v) is 4.87. The van der Waals surface area contributed by atoms with Gasteiger partial charge in [0.2, 0.25) is 10.0 Å². The fourth-order valence-corrected chi connectivity index (χ4v) is 3.52. The SMILES string of the molecule is CC1(NS(=O)(=O)c2ccc(NN)c([N+](=O)[O-])c2)CCOC1. The maximum Gasteiger partial charge on any atom is 0.294 e. The summed E-state index contributed by atoms with van der Waals surface area (Å²) in [4.78, 5) is 10.0. The van der Waals surface area contributed by atoms with Crippen molar-refractivity contribution in [3.63, 3.8) is 0 Å². The lowest BCUT2D eigenvalue weighted by atomic mass is 10.0. The summed E-state index contributed by atoms with van der Waals surface area (Å²) < 4.78 is 32.4. The third-order valence-electron chi connectivity index (χ3n) is 3.23. The number of nitrogen functional groups attached to an aromatic ring is 1. The average Bonchev–Trinajstić information content (AvgIpc) is 2.83. The van der Waals surface area contributed by atoms with Crippen LogP contribution in [0.2, 0.25) is 0 Å². The smallest absolute Gasteiger partial charge is 0.294 e. The Bertz CT molecular complexity index is 655. The Morgan fingerprint density at radius 2 is 2.19 bits per heavy atom. The summed E-state index contributed by atoms with van der Waals surface area (Å²) in [5.41, 5.74) is 1.08. The molecule has 0 radical (unpaired) electrons. The van der Waals surface area contributed by atoms with Gasteiger partial charge >= 0.3 is 0 Å². The largest absolute Gasteiger partial charge is 0.379 e. The minimum atomic E-state index is -3.89. The van der Waals surface area contributed by atoms with E-state index in [1.165, 1.54) is 12.1 Å². The van der Waals surface area contributed by atoms with Gasteiger partial charge in [-0.25, -0.2) is 13.1 Å². The molecule has 1 heterocycles. The van der Waals surface area contributed by atoms with Crippen LogP contribution in [0.5, 0.6) is 0 Å². The lowest BCUT2D eigenvalue weighted by Crippen LogP contribution is -2.46. The standard InChI is InChI=1S/C11H16N4O5S/c1-11(4-5-20-7-11)14-21(18,19)8-2-3-9(13-12)10(6-8)15(16)17/h2-3,6,13-14H,4-5,7,12H2,1H3. The van der Waals surface area contributed by atoms with Gasteiger partial charge in [-0.2, -0.15) is 0 Å². The van der Waals surface area contributed by atoms with Crippen LogP contribution in [-0.4, -0.2) is 32.1 Å². The molecule has 0 aliphatic carbocycles. The fraction of sp³-hybridized carbons (Fsp3) is 0.455. The number of anilines is 1. The van der Waals surface area contributed by atoms with Gasteiger partial charge in [-0.1, -0.05) is 0 Å². The number of nitro benzene ring substituents is 1. The second kappa shape index (κ2) is 5.56. The molecule has 0 aromatic heterocycles. The highest BCUT2D eigenvalue weighted by Gasteiger charge is 2.35. The van der Waals surface area contributed by atoms with E-state index < -0.39 is 26.2 Å². The van der Waals surface area contributed by atoms with Crippen LogP contribution >= 0.6 is 0 Å². The van der Waals surface area contributed by atoms with E-state index in [-0.39, 0.29) is 17.2 Å². The van der Waals surface area contributed by atoms with Crippen LogP contribution in [0.3, 0.4) is 0 Å². The van der Waals surface area contributed by atoms with E-state index in [9.17, 15) is 18.5 Å². The molecule has 10 heteroatoms. The van der Waals surface area contributed by atoms with Gasteiger partial charge in [-0.3, -0.25) is 16.0 Å². The molecule has 21 heavy (non-hydrogen) atoms. The number of rotatable bonds is 5. The molecule has 2 rings (SSSR count). The Hall–Kier alpha value is -1.75. The zero-order valence-corrected chi connectivity index (χ0v) is 12.1. The molecule has 116 valence electrons. The summed E-state index contributed by atoms with van der Waals surface area (Å²) in [6.45, 7) is 2.45. The topological polar surface area (TPSA) is 137 Å². The molecule has 1 aromatic rings. The third kappa shape index (κ3) is 3.29. The minimum Gasteiger partial charge on any atom is -0.379 e. The van der Waals surface area contributed by atoms with Crippen molar-refractivity contribution in [2.45, 2.75) is 23.8 Å². The average molecular weight is 316 g/mol. The quantitative estimate of drug-likeness (QED) is 0.404. The highest BCUT2D eigenvalue weighted by atomic mass is 32.2. The Labute approximate surface area is 121 Å². The van der Waals surface area contributed by atoms with Crippen LogP contribution in [0.25, 0.3) is 0 Å². The molecule has 1 aliphatic heterocycles. The molecule has 0 spiro atoms. The van der Waals surface area contributed by atoms with E-state index in [1.54, 1.807) is 6.92 Å². The van der Waals surface area contributed by atoms with E-state index in [0.717, 1.165) is 6.07 Å². The monoisotopic (exact) mass is 316 g/mol.